The lowest BCUT2D eigenvalue weighted by molar-refractivity contribution is -0.111. The summed E-state index contributed by atoms with van der Waals surface area (Å²) in [6.45, 7) is 3.74. The number of benzene rings is 5. The van der Waals surface area contributed by atoms with Crippen molar-refractivity contribution < 1.29 is 4.79 Å². The van der Waals surface area contributed by atoms with Crippen LogP contribution in [-0.2, 0) is 24.3 Å². The first-order chi connectivity index (χ1) is 20.1. The van der Waals surface area contributed by atoms with Crippen molar-refractivity contribution in [2.24, 2.45) is 0 Å². The highest BCUT2D eigenvalue weighted by Crippen LogP contribution is 2.26. The third-order valence-corrected chi connectivity index (χ3v) is 8.38. The minimum Gasteiger partial charge on any atom is -0.292 e. The van der Waals surface area contributed by atoms with Crippen LogP contribution in [0.15, 0.2) is 144 Å². The van der Waals surface area contributed by atoms with E-state index >= 15 is 0 Å². The molecule has 2 nitrogen and oxygen atoms in total. The number of nitrogens with zero attached hydrogens (tertiary/aromatic N) is 1. The van der Waals surface area contributed by atoms with Crippen molar-refractivity contribution in [3.05, 3.63) is 162 Å². The molecule has 3 heteroatoms. The fourth-order valence-electron chi connectivity index (χ4n) is 5.17. The van der Waals surface area contributed by atoms with Crippen molar-refractivity contribution in [1.29, 1.82) is 0 Å². The van der Waals surface area contributed by atoms with E-state index in [9.17, 15) is 4.79 Å². The van der Waals surface area contributed by atoms with Crippen LogP contribution >= 0.6 is 11.8 Å². The number of hydrogen-bond acceptors (Lipinski definition) is 3. The Bertz CT molecular complexity index is 1440. The molecule has 1 unspecified atom stereocenters. The maximum Gasteiger partial charge on any atom is 0.193 e. The molecule has 0 N–H and O–H groups in total. The monoisotopic (exact) mass is 555 g/mol. The van der Waals surface area contributed by atoms with Gasteiger partial charge in [-0.15, -0.1) is 0 Å². The largest absolute Gasteiger partial charge is 0.292 e. The fraction of sp³-hybridized carbons (Fsp3) is 0.184. The number of hydrogen-bond donors (Lipinski definition) is 0. The first kappa shape index (κ1) is 28.6. The van der Waals surface area contributed by atoms with E-state index in [0.717, 1.165) is 30.8 Å². The number of carbonyl (C=O) groups excluding carboxylic acids is 1. The van der Waals surface area contributed by atoms with E-state index in [1.54, 1.807) is 0 Å². The van der Waals surface area contributed by atoms with Gasteiger partial charge < -0.3 is 0 Å². The average Bonchev–Trinajstić information content (AvgIpc) is 3.02. The molecular weight excluding hydrogens is 518 g/mol. The highest BCUT2D eigenvalue weighted by molar-refractivity contribution is 8.13. The Balaban J connectivity index is 1.37. The molecule has 5 aromatic carbocycles. The molecule has 0 saturated carbocycles. The molecule has 206 valence electrons. The second-order valence-corrected chi connectivity index (χ2v) is 11.8. The van der Waals surface area contributed by atoms with Crippen molar-refractivity contribution in [3.8, 4) is 11.1 Å². The molecule has 0 aliphatic carbocycles. The third kappa shape index (κ3) is 8.78. The van der Waals surface area contributed by atoms with Crippen LogP contribution in [0.4, 0.5) is 0 Å². The van der Waals surface area contributed by atoms with Gasteiger partial charge in [-0.2, -0.15) is 0 Å². The van der Waals surface area contributed by atoms with E-state index in [1.807, 2.05) is 12.1 Å². The van der Waals surface area contributed by atoms with Crippen molar-refractivity contribution >= 4 is 16.9 Å². The Morgan fingerprint density at radius 2 is 1.12 bits per heavy atom. The molecule has 0 aromatic heterocycles. The first-order valence-corrected chi connectivity index (χ1v) is 15.2. The zero-order valence-electron chi connectivity index (χ0n) is 23.7. The minimum atomic E-state index is 0.209. The lowest BCUT2D eigenvalue weighted by Gasteiger charge is -2.32. The van der Waals surface area contributed by atoms with E-state index in [0.29, 0.717) is 6.42 Å². The van der Waals surface area contributed by atoms with Crippen LogP contribution in [0.5, 0.6) is 0 Å². The van der Waals surface area contributed by atoms with E-state index in [1.165, 1.54) is 45.1 Å². The van der Waals surface area contributed by atoms with Gasteiger partial charge in [0.2, 0.25) is 0 Å². The van der Waals surface area contributed by atoms with Gasteiger partial charge in [0, 0.05) is 30.4 Å². The molecule has 41 heavy (non-hydrogen) atoms. The highest BCUT2D eigenvalue weighted by Gasteiger charge is 2.22. The third-order valence-electron chi connectivity index (χ3n) is 7.44. The Morgan fingerprint density at radius 3 is 1.68 bits per heavy atom. The van der Waals surface area contributed by atoms with Gasteiger partial charge in [-0.1, -0.05) is 145 Å². The van der Waals surface area contributed by atoms with Crippen LogP contribution in [0.3, 0.4) is 0 Å². The van der Waals surface area contributed by atoms with Gasteiger partial charge in [0.05, 0.1) is 0 Å². The van der Waals surface area contributed by atoms with Gasteiger partial charge in [-0.3, -0.25) is 9.69 Å². The normalized spacial score (nSPS) is 11.9. The summed E-state index contributed by atoms with van der Waals surface area (Å²) >= 11 is 1.36. The summed E-state index contributed by atoms with van der Waals surface area (Å²) in [5.74, 6) is 0. The Hall–Kier alpha value is -3.92. The Labute approximate surface area is 249 Å². The van der Waals surface area contributed by atoms with Crippen LogP contribution in [0.25, 0.3) is 11.1 Å². The number of aryl methyl sites for hydroxylation is 1. The molecule has 0 amide bonds. The molecule has 0 saturated heterocycles. The second-order valence-electron chi connectivity index (χ2n) is 10.6. The van der Waals surface area contributed by atoms with Gasteiger partial charge in [0.1, 0.15) is 0 Å². The van der Waals surface area contributed by atoms with Crippen LogP contribution in [0.2, 0.25) is 0 Å². The van der Waals surface area contributed by atoms with E-state index in [2.05, 4.69) is 139 Å². The molecule has 5 rings (SSSR count). The summed E-state index contributed by atoms with van der Waals surface area (Å²) in [5.41, 5.74) is 7.52. The van der Waals surface area contributed by atoms with Crippen molar-refractivity contribution in [1.82, 2.24) is 4.90 Å². The van der Waals surface area contributed by atoms with E-state index < -0.39 is 0 Å². The van der Waals surface area contributed by atoms with Crippen LogP contribution in [0, 0.1) is 6.92 Å². The van der Waals surface area contributed by atoms with Crippen LogP contribution in [0.1, 0.15) is 35.1 Å². The Kier molecular flexibility index (Phi) is 10.2. The van der Waals surface area contributed by atoms with Gasteiger partial charge in [0.15, 0.2) is 5.12 Å². The lowest BCUT2D eigenvalue weighted by atomic mass is 9.97. The maximum atomic E-state index is 13.1. The second kappa shape index (κ2) is 14.6. The maximum absolute atomic E-state index is 13.1. The molecule has 1 atom stereocenters. The summed E-state index contributed by atoms with van der Waals surface area (Å²) in [6, 6.07) is 49.2. The quantitative estimate of drug-likeness (QED) is 0.143. The van der Waals surface area contributed by atoms with Crippen molar-refractivity contribution in [2.45, 2.75) is 50.2 Å². The standard InChI is InChI=1S/C38H37NOS/c1-30-17-24-37(25-18-30)41-38(40)26-23-36(27-31-19-21-35(22-20-31)34-15-9-4-10-16-34)39(28-32-11-5-2-6-12-32)29-33-13-7-3-8-14-33/h2-22,24-25,36H,23,26-29H2,1H3. The van der Waals surface area contributed by atoms with Crippen LogP contribution < -0.4 is 0 Å². The summed E-state index contributed by atoms with van der Waals surface area (Å²) in [5, 5.41) is 0.220. The zero-order chi connectivity index (χ0) is 28.3. The van der Waals surface area contributed by atoms with E-state index in [-0.39, 0.29) is 11.2 Å². The summed E-state index contributed by atoms with van der Waals surface area (Å²) < 4.78 is 0. The topological polar surface area (TPSA) is 20.3 Å². The molecule has 0 spiro atoms. The van der Waals surface area contributed by atoms with Crippen LogP contribution in [-0.4, -0.2) is 16.1 Å². The van der Waals surface area contributed by atoms with Gasteiger partial charge in [0.25, 0.3) is 0 Å². The molecule has 0 heterocycles. The summed E-state index contributed by atoms with van der Waals surface area (Å²) in [4.78, 5) is 16.7. The van der Waals surface area contributed by atoms with Gasteiger partial charge in [-0.05, 0) is 59.7 Å². The molecular formula is C38H37NOS. The minimum absolute atomic E-state index is 0.209. The molecule has 0 aliphatic rings. The SMILES string of the molecule is Cc1ccc(SC(=O)CCC(Cc2ccc(-c3ccccc3)cc2)N(Cc2ccccc2)Cc2ccccc2)cc1. The van der Waals surface area contributed by atoms with Crippen molar-refractivity contribution in [3.63, 3.8) is 0 Å². The lowest BCUT2D eigenvalue weighted by Crippen LogP contribution is -2.36. The highest BCUT2D eigenvalue weighted by atomic mass is 32.2. The number of thioether (sulfide) groups is 1. The molecule has 0 radical (unpaired) electrons. The van der Waals surface area contributed by atoms with Gasteiger partial charge >= 0.3 is 0 Å². The smallest absolute Gasteiger partial charge is 0.193 e. The van der Waals surface area contributed by atoms with Crippen molar-refractivity contribution in [2.75, 3.05) is 0 Å². The molecule has 5 aromatic rings. The molecule has 0 bridgehead atoms. The first-order valence-electron chi connectivity index (χ1n) is 14.4. The summed E-state index contributed by atoms with van der Waals surface area (Å²) in [6.07, 6.45) is 2.22. The predicted octanol–water partition coefficient (Wildman–Crippen LogP) is 9.37. The fourth-order valence-corrected chi connectivity index (χ4v) is 5.93. The number of carbonyl (C=O) groups is 1. The predicted molar refractivity (Wildman–Crippen MR) is 173 cm³/mol. The average molecular weight is 556 g/mol. The number of rotatable bonds is 12. The Morgan fingerprint density at radius 1 is 0.610 bits per heavy atom. The van der Waals surface area contributed by atoms with Gasteiger partial charge in [-0.25, -0.2) is 0 Å². The zero-order valence-corrected chi connectivity index (χ0v) is 24.5. The van der Waals surface area contributed by atoms with E-state index in [4.69, 9.17) is 0 Å². The molecule has 0 fully saturated rings. The molecule has 0 aliphatic heterocycles. The summed E-state index contributed by atoms with van der Waals surface area (Å²) in [7, 11) is 0.